The number of hydrogen-bond donors (Lipinski definition) is 0. The molecule has 0 fully saturated rings. The van der Waals surface area contributed by atoms with Crippen molar-refractivity contribution in [1.82, 2.24) is 18.3 Å². The van der Waals surface area contributed by atoms with E-state index in [4.69, 9.17) is 0 Å². The van der Waals surface area contributed by atoms with Crippen molar-refractivity contribution in [1.29, 1.82) is 0 Å². The first-order chi connectivity index (χ1) is 73.6. The van der Waals surface area contributed by atoms with Gasteiger partial charge in [-0.25, -0.2) is 0 Å². The molecule has 1 aliphatic carbocycles. The molecular weight excluding hydrogens is 1800 g/mol. The Morgan fingerprint density at radius 2 is 0.362 bits per heavy atom. The number of aromatic nitrogens is 4. The molecule has 6 nitrogen and oxygen atoms in total. The minimum absolute atomic E-state index is 0.251. The SMILES string of the molecule is CC1(C)c2cc(-c3ccc4c5ccccc5n(-c5ccccc5)c4c3)ccc2-c2ccc(N(c3ccc(-c4ccc(-n5c6ccccc6c6ccccc65)cc4)cc3)c3ccc(-c4cccc5ccccc45)cc3)cc21.c1ccc(-n2c3ccccc3c3ccc(-c4ccc(-c5ccc(N(c6ccc(-c7ccc(-n8c9ccccc9c9ccccc98)cc7)cc6)c6ccc(-c7cccc8ccccc78)cc6)cc5)cc4)cc32)cc1. The Balaban J connectivity index is 0.000000143. The number of para-hydroxylation sites is 8. The van der Waals surface area contributed by atoms with Gasteiger partial charge in [0, 0.05) is 105 Å². The fourth-order valence-corrected chi connectivity index (χ4v) is 23.8. The van der Waals surface area contributed by atoms with Gasteiger partial charge in [-0.15, -0.1) is 0 Å². The Kier molecular flexibility index (Phi) is 21.2. The number of nitrogens with zero attached hydrogens (tertiary/aromatic N) is 6. The van der Waals surface area contributed by atoms with Crippen LogP contribution in [0.5, 0.6) is 0 Å². The van der Waals surface area contributed by atoms with Crippen molar-refractivity contribution >= 4 is 143 Å². The van der Waals surface area contributed by atoms with Crippen LogP contribution in [0.1, 0.15) is 25.0 Å². The van der Waals surface area contributed by atoms with Crippen molar-refractivity contribution < 1.29 is 0 Å². The summed E-state index contributed by atoms with van der Waals surface area (Å²) in [6.45, 7) is 4.79. The smallest absolute Gasteiger partial charge is 0.0547 e. The van der Waals surface area contributed by atoms with E-state index in [2.05, 4.69) is 600 Å². The predicted molar refractivity (Wildman–Crippen MR) is 630 cm³/mol. The largest absolute Gasteiger partial charge is 0.311 e. The van der Waals surface area contributed by atoms with E-state index in [1.165, 1.54) is 215 Å². The first-order valence-electron chi connectivity index (χ1n) is 51.5. The summed E-state index contributed by atoms with van der Waals surface area (Å²) < 4.78 is 9.54. The number of anilines is 6. The maximum absolute atomic E-state index is 2.45. The first kappa shape index (κ1) is 87.4. The van der Waals surface area contributed by atoms with Crippen LogP contribution >= 0.6 is 0 Å². The fourth-order valence-electron chi connectivity index (χ4n) is 23.8. The zero-order valence-corrected chi connectivity index (χ0v) is 82.3. The van der Waals surface area contributed by atoms with Crippen LogP contribution in [0.25, 0.3) is 221 Å². The van der Waals surface area contributed by atoms with Gasteiger partial charge in [0.15, 0.2) is 0 Å². The summed E-state index contributed by atoms with van der Waals surface area (Å²) in [5.74, 6) is 0. The van der Waals surface area contributed by atoms with Crippen LogP contribution in [0.4, 0.5) is 34.1 Å². The molecule has 0 N–H and O–H groups in total. The summed E-state index contributed by atoms with van der Waals surface area (Å²) in [4.78, 5) is 4.79. The molecule has 700 valence electrons. The Bertz CT molecular complexity index is 9930. The molecular formula is C143H98N6. The fraction of sp³-hybridized carbons (Fsp3) is 0.0210. The molecule has 0 bridgehead atoms. The minimum Gasteiger partial charge on any atom is -0.311 e. The highest BCUT2D eigenvalue weighted by atomic mass is 15.1. The highest BCUT2D eigenvalue weighted by Gasteiger charge is 2.37. The Labute approximate surface area is 865 Å². The van der Waals surface area contributed by atoms with Crippen molar-refractivity contribution in [2.75, 3.05) is 9.80 Å². The number of hydrogen-bond acceptors (Lipinski definition) is 2. The summed E-state index contributed by atoms with van der Waals surface area (Å²) in [5, 5.41) is 15.1. The quantitative estimate of drug-likeness (QED) is 0.0908. The molecule has 6 heteroatoms. The Hall–Kier alpha value is -19.4. The van der Waals surface area contributed by atoms with E-state index in [1.807, 2.05) is 0 Å². The van der Waals surface area contributed by atoms with Crippen LogP contribution in [-0.4, -0.2) is 18.3 Å². The predicted octanol–water partition coefficient (Wildman–Crippen LogP) is 39.0. The van der Waals surface area contributed by atoms with Gasteiger partial charge in [-0.3, -0.25) is 0 Å². The van der Waals surface area contributed by atoms with Gasteiger partial charge >= 0.3 is 0 Å². The lowest BCUT2D eigenvalue weighted by molar-refractivity contribution is 0.660. The second kappa shape index (κ2) is 36.2. The minimum atomic E-state index is -0.251. The van der Waals surface area contributed by atoms with Gasteiger partial charge in [0.25, 0.3) is 0 Å². The number of benzene rings is 24. The van der Waals surface area contributed by atoms with Crippen LogP contribution < -0.4 is 9.80 Å². The molecule has 4 aromatic heterocycles. The molecule has 0 atom stereocenters. The van der Waals surface area contributed by atoms with Crippen molar-refractivity contribution in [3.05, 3.63) is 569 Å². The van der Waals surface area contributed by atoms with Gasteiger partial charge in [-0.2, -0.15) is 0 Å². The molecule has 149 heavy (non-hydrogen) atoms. The molecule has 0 saturated carbocycles. The van der Waals surface area contributed by atoms with Crippen LogP contribution in [0, 0.1) is 0 Å². The molecule has 0 aliphatic heterocycles. The van der Waals surface area contributed by atoms with Crippen LogP contribution in [0.3, 0.4) is 0 Å². The summed E-state index contributed by atoms with van der Waals surface area (Å²) in [5.41, 5.74) is 42.7. The monoisotopic (exact) mass is 1900 g/mol. The molecule has 0 spiro atoms. The van der Waals surface area contributed by atoms with Crippen molar-refractivity contribution in [2.45, 2.75) is 19.3 Å². The first-order valence-corrected chi connectivity index (χ1v) is 51.5. The normalized spacial score (nSPS) is 12.1. The van der Waals surface area contributed by atoms with Gasteiger partial charge in [0.1, 0.15) is 0 Å². The van der Waals surface area contributed by atoms with E-state index >= 15 is 0 Å². The summed E-state index contributed by atoms with van der Waals surface area (Å²) in [6.07, 6.45) is 0. The van der Waals surface area contributed by atoms with Gasteiger partial charge in [0.2, 0.25) is 0 Å². The van der Waals surface area contributed by atoms with E-state index in [-0.39, 0.29) is 5.41 Å². The Morgan fingerprint density at radius 3 is 0.718 bits per heavy atom. The second-order valence-corrected chi connectivity index (χ2v) is 39.8. The molecule has 0 radical (unpaired) electrons. The van der Waals surface area contributed by atoms with Crippen molar-refractivity contribution in [2.24, 2.45) is 0 Å². The molecule has 4 heterocycles. The third kappa shape index (κ3) is 15.2. The molecule has 0 amide bonds. The average Bonchev–Trinajstić information content (AvgIpc) is 1.58. The molecule has 28 aromatic rings. The lowest BCUT2D eigenvalue weighted by Gasteiger charge is -2.28. The molecule has 0 unspecified atom stereocenters. The number of rotatable bonds is 17. The highest BCUT2D eigenvalue weighted by Crippen LogP contribution is 2.54. The van der Waals surface area contributed by atoms with Crippen LogP contribution in [0.15, 0.2) is 558 Å². The Morgan fingerprint density at radius 1 is 0.141 bits per heavy atom. The average molecular weight is 1900 g/mol. The van der Waals surface area contributed by atoms with Gasteiger partial charge in [-0.1, -0.05) is 396 Å². The summed E-state index contributed by atoms with van der Waals surface area (Å²) >= 11 is 0. The molecule has 29 rings (SSSR count). The van der Waals surface area contributed by atoms with Crippen LogP contribution in [-0.2, 0) is 5.41 Å². The second-order valence-electron chi connectivity index (χ2n) is 39.8. The molecule has 1 aliphatic rings. The highest BCUT2D eigenvalue weighted by molar-refractivity contribution is 6.14. The van der Waals surface area contributed by atoms with Crippen molar-refractivity contribution in [3.8, 4) is 112 Å². The lowest BCUT2D eigenvalue weighted by Crippen LogP contribution is -2.16. The maximum atomic E-state index is 2.45. The summed E-state index contributed by atoms with van der Waals surface area (Å²) in [7, 11) is 0. The third-order valence-corrected chi connectivity index (χ3v) is 31.1. The van der Waals surface area contributed by atoms with E-state index in [9.17, 15) is 0 Å². The van der Waals surface area contributed by atoms with E-state index in [1.54, 1.807) is 0 Å². The zero-order valence-electron chi connectivity index (χ0n) is 82.3. The van der Waals surface area contributed by atoms with Crippen LogP contribution in [0.2, 0.25) is 0 Å². The lowest BCUT2D eigenvalue weighted by atomic mass is 9.81. The maximum Gasteiger partial charge on any atom is 0.0547 e. The van der Waals surface area contributed by atoms with Gasteiger partial charge < -0.3 is 28.1 Å². The third-order valence-electron chi connectivity index (χ3n) is 31.1. The zero-order chi connectivity index (χ0) is 98.7. The van der Waals surface area contributed by atoms with E-state index in [0.29, 0.717) is 0 Å². The van der Waals surface area contributed by atoms with Crippen molar-refractivity contribution in [3.63, 3.8) is 0 Å². The van der Waals surface area contributed by atoms with E-state index in [0.717, 1.165) is 51.2 Å². The standard InChI is InChI=1S/C73H51N3.C70H47N3/c1-73(2)67-45-52(53-34-43-66-65-22-10-13-26-71(65)76(72(66)46-53)54-17-4-3-5-18-54)33-42-61(67)62-44-41-58(47-68(62)73)74(56-39-31-51(32-40-56)60-23-14-16-50-15-6-7-19-59(50)60)55-35-27-48(28-36-55)49-29-37-57(38-30-49)75-69-24-11-8-20-63(69)64-21-9-12-25-70(64)75;1-2-15-56(16-3-1)73-69-24-11-8-20-65(69)66-46-37-55(47-70(66)73)52-27-25-48(26-28-52)49-29-38-57(39-30-49)71(59-44-35-54(36-45-59)62-21-12-14-53-13-4-5-17-61(53)62)58-40-31-50(32-41-58)51-33-42-60(43-34-51)72-67-22-9-6-18-63(67)64-19-7-10-23-68(64)72/h3-47H,1-2H3;1-47H. The molecule has 24 aromatic carbocycles. The van der Waals surface area contributed by atoms with Gasteiger partial charge in [0.05, 0.1) is 44.1 Å². The van der Waals surface area contributed by atoms with E-state index < -0.39 is 0 Å². The summed E-state index contributed by atoms with van der Waals surface area (Å²) in [6, 6.07) is 204. The number of fused-ring (bicyclic) bond motifs is 17. The topological polar surface area (TPSA) is 26.2 Å². The molecule has 0 saturated heterocycles. The van der Waals surface area contributed by atoms with Gasteiger partial charge in [-0.05, 0) is 298 Å².